The Kier molecular flexibility index (Phi) is 2.67. The second-order valence-electron chi connectivity index (χ2n) is 4.25. The van der Waals surface area contributed by atoms with Crippen LogP contribution in [-0.2, 0) is 24.6 Å². The second-order valence-corrected chi connectivity index (χ2v) is 4.25. The van der Waals surface area contributed by atoms with Gasteiger partial charge < -0.3 is 9.84 Å². The van der Waals surface area contributed by atoms with Gasteiger partial charge in [0.1, 0.15) is 0 Å². The number of fused-ring (bicyclic) bond motifs is 1. The van der Waals surface area contributed by atoms with E-state index in [1.807, 2.05) is 18.2 Å². The number of hydrogen-bond donors (Lipinski definition) is 1. The predicted molar refractivity (Wildman–Crippen MR) is 66.3 cm³/mol. The van der Waals surface area contributed by atoms with E-state index in [0.717, 1.165) is 22.3 Å². The molecule has 0 saturated carbocycles. The number of aliphatic hydroxyl groups excluding tert-OH is 1. The van der Waals surface area contributed by atoms with Gasteiger partial charge in [-0.2, -0.15) is 0 Å². The number of rotatable bonds is 2. The largest absolute Gasteiger partial charge is 0.392 e. The third-order valence-corrected chi connectivity index (χ3v) is 3.28. The van der Waals surface area contributed by atoms with Crippen LogP contribution in [0.15, 0.2) is 42.5 Å². The van der Waals surface area contributed by atoms with Gasteiger partial charge in [0.05, 0.1) is 19.8 Å². The Bertz CT molecular complexity index is 532. The minimum atomic E-state index is 0.0662. The Morgan fingerprint density at radius 2 is 1.82 bits per heavy atom. The van der Waals surface area contributed by atoms with Gasteiger partial charge >= 0.3 is 0 Å². The lowest BCUT2D eigenvalue weighted by Gasteiger charge is -2.11. The Hall–Kier alpha value is -1.64. The van der Waals surface area contributed by atoms with Gasteiger partial charge in [0, 0.05) is 0 Å². The van der Waals surface area contributed by atoms with E-state index in [9.17, 15) is 5.11 Å². The number of hydrogen-bond acceptors (Lipinski definition) is 2. The summed E-state index contributed by atoms with van der Waals surface area (Å²) in [5.41, 5.74) is 5.62. The first kappa shape index (κ1) is 10.5. The molecular formula is C15H14O2. The minimum absolute atomic E-state index is 0.0662. The molecule has 2 aromatic rings. The van der Waals surface area contributed by atoms with Gasteiger partial charge in [0.25, 0.3) is 0 Å². The highest BCUT2D eigenvalue weighted by Crippen LogP contribution is 2.32. The molecule has 0 saturated heterocycles. The zero-order valence-electron chi connectivity index (χ0n) is 9.52. The lowest BCUT2D eigenvalue weighted by Crippen LogP contribution is -1.97. The summed E-state index contributed by atoms with van der Waals surface area (Å²) in [6, 6.07) is 14.3. The average Bonchev–Trinajstić information content (AvgIpc) is 2.86. The van der Waals surface area contributed by atoms with Crippen molar-refractivity contribution in [3.05, 3.63) is 59.2 Å². The van der Waals surface area contributed by atoms with Crippen molar-refractivity contribution in [2.24, 2.45) is 0 Å². The van der Waals surface area contributed by atoms with E-state index in [1.165, 1.54) is 5.56 Å². The molecule has 0 radical (unpaired) electrons. The lowest BCUT2D eigenvalue weighted by molar-refractivity contribution is 0.133. The van der Waals surface area contributed by atoms with Crippen molar-refractivity contribution in [3.63, 3.8) is 0 Å². The van der Waals surface area contributed by atoms with Crippen LogP contribution in [0.4, 0.5) is 0 Å². The number of ether oxygens (including phenoxy) is 1. The zero-order chi connectivity index (χ0) is 11.7. The summed E-state index contributed by atoms with van der Waals surface area (Å²) in [4.78, 5) is 0. The maximum atomic E-state index is 9.59. The van der Waals surface area contributed by atoms with Gasteiger partial charge in [-0.1, -0.05) is 42.5 Å². The molecule has 0 fully saturated rings. The first-order chi connectivity index (χ1) is 8.40. The number of benzene rings is 2. The SMILES string of the molecule is OCc1c(-c2ccccc2)ccc2c1COC2. The molecule has 86 valence electrons. The molecule has 1 aliphatic heterocycles. The fraction of sp³-hybridized carbons (Fsp3) is 0.200. The molecule has 0 aliphatic carbocycles. The summed E-state index contributed by atoms with van der Waals surface area (Å²) in [6.45, 7) is 1.35. The molecule has 1 heterocycles. The van der Waals surface area contributed by atoms with Crippen LogP contribution in [0.3, 0.4) is 0 Å². The summed E-state index contributed by atoms with van der Waals surface area (Å²) in [7, 11) is 0. The highest BCUT2D eigenvalue weighted by Gasteiger charge is 2.18. The fourth-order valence-electron chi connectivity index (χ4n) is 2.39. The van der Waals surface area contributed by atoms with Crippen LogP contribution in [0.2, 0.25) is 0 Å². The van der Waals surface area contributed by atoms with E-state index in [4.69, 9.17) is 4.74 Å². The Labute approximate surface area is 100 Å². The molecule has 1 aliphatic rings. The van der Waals surface area contributed by atoms with Gasteiger partial charge in [0.2, 0.25) is 0 Å². The van der Waals surface area contributed by atoms with E-state index in [2.05, 4.69) is 24.3 Å². The van der Waals surface area contributed by atoms with Crippen LogP contribution in [0.1, 0.15) is 16.7 Å². The van der Waals surface area contributed by atoms with Crippen molar-refractivity contribution in [1.29, 1.82) is 0 Å². The highest BCUT2D eigenvalue weighted by molar-refractivity contribution is 5.69. The summed E-state index contributed by atoms with van der Waals surface area (Å²) < 4.78 is 5.44. The third-order valence-electron chi connectivity index (χ3n) is 3.28. The normalized spacial score (nSPS) is 13.7. The summed E-state index contributed by atoms with van der Waals surface area (Å²) >= 11 is 0. The standard InChI is InChI=1S/C15H14O2/c16-8-14-13(11-4-2-1-3-5-11)7-6-12-9-17-10-15(12)14/h1-7,16H,8-10H2. The molecule has 1 N–H and O–H groups in total. The minimum Gasteiger partial charge on any atom is -0.392 e. The Morgan fingerprint density at radius 3 is 2.59 bits per heavy atom. The van der Waals surface area contributed by atoms with Crippen molar-refractivity contribution in [1.82, 2.24) is 0 Å². The van der Waals surface area contributed by atoms with E-state index in [-0.39, 0.29) is 6.61 Å². The van der Waals surface area contributed by atoms with Gasteiger partial charge in [0.15, 0.2) is 0 Å². The zero-order valence-corrected chi connectivity index (χ0v) is 9.52. The first-order valence-corrected chi connectivity index (χ1v) is 5.78. The molecule has 2 heteroatoms. The topological polar surface area (TPSA) is 29.5 Å². The molecule has 0 aromatic heterocycles. The van der Waals surface area contributed by atoms with Crippen molar-refractivity contribution in [2.45, 2.75) is 19.8 Å². The van der Waals surface area contributed by atoms with Crippen LogP contribution < -0.4 is 0 Å². The maximum Gasteiger partial charge on any atom is 0.0728 e. The van der Waals surface area contributed by atoms with Crippen molar-refractivity contribution >= 4 is 0 Å². The second kappa shape index (κ2) is 4.32. The maximum absolute atomic E-state index is 9.59. The van der Waals surface area contributed by atoms with Crippen molar-refractivity contribution < 1.29 is 9.84 Å². The lowest BCUT2D eigenvalue weighted by atomic mass is 9.93. The summed E-state index contributed by atoms with van der Waals surface area (Å²) in [5.74, 6) is 0. The monoisotopic (exact) mass is 226 g/mol. The number of aliphatic hydroxyl groups is 1. The smallest absolute Gasteiger partial charge is 0.0728 e. The predicted octanol–water partition coefficient (Wildman–Crippen LogP) is 2.88. The molecule has 17 heavy (non-hydrogen) atoms. The molecule has 3 rings (SSSR count). The van der Waals surface area contributed by atoms with E-state index >= 15 is 0 Å². The van der Waals surface area contributed by atoms with Gasteiger partial charge in [-0.3, -0.25) is 0 Å². The van der Waals surface area contributed by atoms with Crippen molar-refractivity contribution in [2.75, 3.05) is 0 Å². The van der Waals surface area contributed by atoms with Crippen molar-refractivity contribution in [3.8, 4) is 11.1 Å². The van der Waals surface area contributed by atoms with Crippen LogP contribution in [-0.4, -0.2) is 5.11 Å². The molecule has 0 spiro atoms. The van der Waals surface area contributed by atoms with Crippen LogP contribution in [0.5, 0.6) is 0 Å². The third kappa shape index (κ3) is 1.75. The van der Waals surface area contributed by atoms with E-state index < -0.39 is 0 Å². The molecule has 2 aromatic carbocycles. The summed E-state index contributed by atoms with van der Waals surface area (Å²) in [6.07, 6.45) is 0. The molecule has 0 unspecified atom stereocenters. The average molecular weight is 226 g/mol. The fourth-order valence-corrected chi connectivity index (χ4v) is 2.39. The van der Waals surface area contributed by atoms with E-state index in [1.54, 1.807) is 0 Å². The molecule has 0 amide bonds. The van der Waals surface area contributed by atoms with Gasteiger partial charge in [-0.15, -0.1) is 0 Å². The Balaban J connectivity index is 2.18. The first-order valence-electron chi connectivity index (χ1n) is 5.78. The van der Waals surface area contributed by atoms with Crippen LogP contribution in [0.25, 0.3) is 11.1 Å². The Morgan fingerprint density at radius 1 is 1.00 bits per heavy atom. The molecule has 2 nitrogen and oxygen atoms in total. The molecule has 0 bridgehead atoms. The highest BCUT2D eigenvalue weighted by atomic mass is 16.5. The molecular weight excluding hydrogens is 212 g/mol. The molecule has 0 atom stereocenters. The van der Waals surface area contributed by atoms with Gasteiger partial charge in [-0.05, 0) is 27.8 Å². The van der Waals surface area contributed by atoms with Gasteiger partial charge in [-0.25, -0.2) is 0 Å². The summed E-state index contributed by atoms with van der Waals surface area (Å²) in [5, 5.41) is 9.59. The van der Waals surface area contributed by atoms with Crippen LogP contribution >= 0.6 is 0 Å². The quantitative estimate of drug-likeness (QED) is 0.853. The van der Waals surface area contributed by atoms with E-state index in [0.29, 0.717) is 13.2 Å². The van der Waals surface area contributed by atoms with Crippen LogP contribution in [0, 0.1) is 0 Å².